The number of unbranched alkanes of at least 4 members (excludes halogenated alkanes) is 2. The van der Waals surface area contributed by atoms with Crippen molar-refractivity contribution in [2.45, 2.75) is 51.9 Å². The molecule has 1 N–H and O–H groups in total. The van der Waals surface area contributed by atoms with Crippen LogP contribution in [0.4, 0.5) is 17.6 Å². The van der Waals surface area contributed by atoms with Crippen molar-refractivity contribution in [2.24, 2.45) is 0 Å². The van der Waals surface area contributed by atoms with Gasteiger partial charge in [-0.15, -0.1) is 0 Å². The van der Waals surface area contributed by atoms with Crippen LogP contribution in [0.25, 0.3) is 0 Å². The molecule has 17 heavy (non-hydrogen) atoms. The van der Waals surface area contributed by atoms with Crippen LogP contribution in [0.1, 0.15) is 39.5 Å². The standard InChI is InChI=1S/C5H12O3S.C4H6F4/c1-2-3-4-5-9(6,7)8;1-2-4(7,8)3(5)6/h2-5H2,1H3,(H,6,7,8);3H,2H2,1H3. The summed E-state index contributed by atoms with van der Waals surface area (Å²) in [6.07, 6.45) is -1.93. The van der Waals surface area contributed by atoms with Crippen molar-refractivity contribution in [2.75, 3.05) is 5.75 Å². The normalized spacial score (nSPS) is 12.2. The summed E-state index contributed by atoms with van der Waals surface area (Å²) in [4.78, 5) is 0. The Kier molecular flexibility index (Phi) is 9.69. The third-order valence-electron chi connectivity index (χ3n) is 1.80. The minimum Gasteiger partial charge on any atom is -0.286 e. The number of hydrogen-bond donors (Lipinski definition) is 1. The topological polar surface area (TPSA) is 54.4 Å². The molecule has 0 atom stereocenters. The zero-order chi connectivity index (χ0) is 14.1. The van der Waals surface area contributed by atoms with E-state index >= 15 is 0 Å². The van der Waals surface area contributed by atoms with Gasteiger partial charge in [0, 0.05) is 6.42 Å². The van der Waals surface area contributed by atoms with Gasteiger partial charge < -0.3 is 0 Å². The molecular formula is C9H18F4O3S. The van der Waals surface area contributed by atoms with Crippen molar-refractivity contribution in [3.05, 3.63) is 0 Å². The Labute approximate surface area is 99.0 Å². The molecular weight excluding hydrogens is 264 g/mol. The average molecular weight is 282 g/mol. The Morgan fingerprint density at radius 2 is 1.65 bits per heavy atom. The summed E-state index contributed by atoms with van der Waals surface area (Å²) in [5, 5.41) is 0. The van der Waals surface area contributed by atoms with E-state index in [-0.39, 0.29) is 5.75 Å². The second-order valence-corrected chi connectivity index (χ2v) is 4.98. The molecule has 0 aliphatic heterocycles. The van der Waals surface area contributed by atoms with E-state index in [0.29, 0.717) is 6.42 Å². The molecule has 8 heteroatoms. The second-order valence-electron chi connectivity index (χ2n) is 3.41. The minimum absolute atomic E-state index is 0.0964. The molecule has 0 unspecified atom stereocenters. The Morgan fingerprint density at radius 1 is 1.18 bits per heavy atom. The monoisotopic (exact) mass is 282 g/mol. The summed E-state index contributed by atoms with van der Waals surface area (Å²) >= 11 is 0. The van der Waals surface area contributed by atoms with Crippen LogP contribution in [0, 0.1) is 0 Å². The fraction of sp³-hybridized carbons (Fsp3) is 1.00. The first-order valence-corrected chi connectivity index (χ1v) is 6.78. The van der Waals surface area contributed by atoms with E-state index < -0.39 is 28.9 Å². The summed E-state index contributed by atoms with van der Waals surface area (Å²) in [6.45, 7) is 3.00. The summed E-state index contributed by atoms with van der Waals surface area (Å²) in [7, 11) is -3.70. The molecule has 0 amide bonds. The Bertz CT molecular complexity index is 278. The lowest BCUT2D eigenvalue weighted by Crippen LogP contribution is -2.24. The highest BCUT2D eigenvalue weighted by molar-refractivity contribution is 7.85. The first-order valence-electron chi connectivity index (χ1n) is 5.18. The van der Waals surface area contributed by atoms with Crippen molar-refractivity contribution in [1.82, 2.24) is 0 Å². The van der Waals surface area contributed by atoms with Gasteiger partial charge >= 0.3 is 12.3 Å². The fourth-order valence-corrected chi connectivity index (χ4v) is 1.26. The quantitative estimate of drug-likeness (QED) is 0.461. The van der Waals surface area contributed by atoms with Gasteiger partial charge in [-0.1, -0.05) is 26.7 Å². The highest BCUT2D eigenvalue weighted by Gasteiger charge is 2.37. The highest BCUT2D eigenvalue weighted by Crippen LogP contribution is 2.25. The van der Waals surface area contributed by atoms with Gasteiger partial charge in [0.1, 0.15) is 0 Å². The summed E-state index contributed by atoms with van der Waals surface area (Å²) < 4.78 is 73.5. The van der Waals surface area contributed by atoms with Gasteiger partial charge in [-0.05, 0) is 6.42 Å². The lowest BCUT2D eigenvalue weighted by Gasteiger charge is -2.10. The van der Waals surface area contributed by atoms with Gasteiger partial charge in [-0.2, -0.15) is 8.42 Å². The van der Waals surface area contributed by atoms with Crippen molar-refractivity contribution in [3.63, 3.8) is 0 Å². The zero-order valence-electron chi connectivity index (χ0n) is 9.80. The van der Waals surface area contributed by atoms with E-state index in [1.165, 1.54) is 0 Å². The van der Waals surface area contributed by atoms with Crippen LogP contribution in [-0.4, -0.2) is 31.1 Å². The molecule has 0 saturated carbocycles. The van der Waals surface area contributed by atoms with Gasteiger partial charge in [-0.3, -0.25) is 4.55 Å². The SMILES string of the molecule is CCC(F)(F)C(F)F.CCCCCS(=O)(=O)O. The molecule has 0 bridgehead atoms. The maximum atomic E-state index is 11.5. The van der Waals surface area contributed by atoms with Crippen LogP contribution in [0.3, 0.4) is 0 Å². The van der Waals surface area contributed by atoms with E-state index in [1.807, 2.05) is 6.92 Å². The number of alkyl halides is 4. The third kappa shape index (κ3) is 13.6. The molecule has 0 heterocycles. The maximum Gasteiger partial charge on any atom is 0.307 e. The lowest BCUT2D eigenvalue weighted by molar-refractivity contribution is -0.129. The molecule has 0 aromatic rings. The van der Waals surface area contributed by atoms with Gasteiger partial charge in [0.25, 0.3) is 10.1 Å². The molecule has 0 fully saturated rings. The molecule has 0 aromatic carbocycles. The van der Waals surface area contributed by atoms with E-state index in [9.17, 15) is 26.0 Å². The Balaban J connectivity index is 0. The van der Waals surface area contributed by atoms with Crippen LogP contribution in [-0.2, 0) is 10.1 Å². The van der Waals surface area contributed by atoms with E-state index in [1.54, 1.807) is 0 Å². The van der Waals surface area contributed by atoms with Crippen LogP contribution >= 0.6 is 0 Å². The third-order valence-corrected chi connectivity index (χ3v) is 2.60. The zero-order valence-corrected chi connectivity index (χ0v) is 10.6. The minimum atomic E-state index is -3.79. The van der Waals surface area contributed by atoms with Crippen LogP contribution in [0.15, 0.2) is 0 Å². The molecule has 0 spiro atoms. The molecule has 0 aliphatic rings. The molecule has 106 valence electrons. The molecule has 0 aromatic heterocycles. The van der Waals surface area contributed by atoms with Crippen molar-refractivity contribution in [3.8, 4) is 0 Å². The number of rotatable bonds is 6. The highest BCUT2D eigenvalue weighted by atomic mass is 32.2. The molecule has 0 saturated heterocycles. The Morgan fingerprint density at radius 3 is 1.82 bits per heavy atom. The molecule has 0 rings (SSSR count). The Hall–Kier alpha value is -0.370. The molecule has 0 radical (unpaired) electrons. The van der Waals surface area contributed by atoms with E-state index in [0.717, 1.165) is 19.8 Å². The predicted molar refractivity (Wildman–Crippen MR) is 57.2 cm³/mol. The first-order chi connectivity index (χ1) is 7.56. The van der Waals surface area contributed by atoms with E-state index in [2.05, 4.69) is 0 Å². The smallest absolute Gasteiger partial charge is 0.286 e. The first kappa shape index (κ1) is 19.0. The second kappa shape index (κ2) is 8.68. The van der Waals surface area contributed by atoms with Crippen molar-refractivity contribution in [1.29, 1.82) is 0 Å². The van der Waals surface area contributed by atoms with Gasteiger partial charge in [0.15, 0.2) is 0 Å². The summed E-state index contributed by atoms with van der Waals surface area (Å²) in [6, 6.07) is 0. The summed E-state index contributed by atoms with van der Waals surface area (Å²) in [5.74, 6) is -3.89. The van der Waals surface area contributed by atoms with Gasteiger partial charge in [0.05, 0.1) is 5.75 Å². The van der Waals surface area contributed by atoms with Gasteiger partial charge in [0.2, 0.25) is 0 Å². The van der Waals surface area contributed by atoms with Crippen molar-refractivity contribution < 1.29 is 30.5 Å². The van der Waals surface area contributed by atoms with E-state index in [4.69, 9.17) is 4.55 Å². The van der Waals surface area contributed by atoms with Crippen LogP contribution < -0.4 is 0 Å². The van der Waals surface area contributed by atoms with Crippen LogP contribution in [0.2, 0.25) is 0 Å². The van der Waals surface area contributed by atoms with Gasteiger partial charge in [-0.25, -0.2) is 17.6 Å². The molecule has 0 aliphatic carbocycles. The fourth-order valence-electron chi connectivity index (χ4n) is 0.689. The maximum absolute atomic E-state index is 11.5. The molecule has 3 nitrogen and oxygen atoms in total. The largest absolute Gasteiger partial charge is 0.307 e. The summed E-state index contributed by atoms with van der Waals surface area (Å²) in [5.41, 5.74) is 0. The number of hydrogen-bond acceptors (Lipinski definition) is 2. The lowest BCUT2D eigenvalue weighted by atomic mass is 10.3. The average Bonchev–Trinajstić information content (AvgIpc) is 2.17. The number of halogens is 4. The predicted octanol–water partition coefficient (Wildman–Crippen LogP) is 3.36. The van der Waals surface area contributed by atoms with Crippen LogP contribution in [0.5, 0.6) is 0 Å². The van der Waals surface area contributed by atoms with Crippen molar-refractivity contribution >= 4 is 10.1 Å².